The van der Waals surface area contributed by atoms with Crippen molar-refractivity contribution in [3.05, 3.63) is 70.8 Å². The van der Waals surface area contributed by atoms with E-state index in [-0.39, 0.29) is 5.78 Å². The van der Waals surface area contributed by atoms with Gasteiger partial charge >= 0.3 is 0 Å². The molecule has 2 fully saturated rings. The fourth-order valence-electron chi connectivity index (χ4n) is 4.90. The molecule has 4 rings (SSSR count). The molecule has 2 aromatic rings. The summed E-state index contributed by atoms with van der Waals surface area (Å²) in [5, 5.41) is 47.7. The highest BCUT2D eigenvalue weighted by Gasteiger charge is 2.59. The van der Waals surface area contributed by atoms with Crippen LogP contribution in [-0.2, 0) is 0 Å². The maximum absolute atomic E-state index is 13.1. The van der Waals surface area contributed by atoms with E-state index in [0.717, 1.165) is 20.3 Å². The summed E-state index contributed by atoms with van der Waals surface area (Å²) in [5.41, 5.74) is -0.588. The Hall–Kier alpha value is -2.21. The number of benzene rings is 2. The van der Waals surface area contributed by atoms with E-state index in [1.165, 1.54) is 0 Å². The van der Waals surface area contributed by atoms with Crippen LogP contribution in [0.3, 0.4) is 0 Å². The lowest BCUT2D eigenvalue weighted by atomic mass is 9.84. The first kappa shape index (κ1) is 26.8. The van der Waals surface area contributed by atoms with E-state index < -0.39 is 34.5 Å². The monoisotopic (exact) mass is 498 g/mol. The van der Waals surface area contributed by atoms with Gasteiger partial charge in [0.05, 0.1) is 22.2 Å². The second-order valence-corrected chi connectivity index (χ2v) is 11.9. The average Bonchev–Trinajstić information content (AvgIpc) is 3.02. The van der Waals surface area contributed by atoms with Crippen LogP contribution in [0.5, 0.6) is 0 Å². The second-order valence-electron chi connectivity index (χ2n) is 11.9. The molecular weight excluding hydrogens is 460 g/mol. The predicted molar refractivity (Wildman–Crippen MR) is 133 cm³/mol. The zero-order valence-corrected chi connectivity index (χ0v) is 22.3. The highest BCUT2D eigenvalue weighted by atomic mass is 16.6. The highest BCUT2D eigenvalue weighted by Crippen LogP contribution is 2.48. The lowest BCUT2D eigenvalue weighted by Gasteiger charge is -2.37. The number of hydrogen-bond donors (Lipinski definition) is 4. The van der Waals surface area contributed by atoms with Gasteiger partial charge in [-0.1, -0.05) is 48.5 Å². The van der Waals surface area contributed by atoms with Crippen LogP contribution in [0.2, 0.25) is 0 Å². The first-order valence-electron chi connectivity index (χ1n) is 12.2. The average molecular weight is 499 g/mol. The molecule has 9 nitrogen and oxygen atoms in total. The van der Waals surface area contributed by atoms with Crippen molar-refractivity contribution >= 4 is 5.78 Å². The fraction of sp³-hybridized carbons (Fsp3) is 0.519. The van der Waals surface area contributed by atoms with Crippen molar-refractivity contribution in [1.29, 1.82) is 0 Å². The van der Waals surface area contributed by atoms with Crippen molar-refractivity contribution in [2.24, 2.45) is 0 Å². The Morgan fingerprint density at radius 1 is 0.528 bits per heavy atom. The molecule has 196 valence electrons. The van der Waals surface area contributed by atoms with Crippen LogP contribution in [0.4, 0.5) is 0 Å². The van der Waals surface area contributed by atoms with Gasteiger partial charge in [-0.3, -0.25) is 4.79 Å². The van der Waals surface area contributed by atoms with Crippen molar-refractivity contribution < 1.29 is 25.6 Å². The number of hydroxylamine groups is 8. The summed E-state index contributed by atoms with van der Waals surface area (Å²) in [6.07, 6.45) is -1.53. The lowest BCUT2D eigenvalue weighted by molar-refractivity contribution is -0.223. The molecule has 0 radical (unpaired) electrons. The Morgan fingerprint density at radius 2 is 0.750 bits per heavy atom. The molecule has 2 aliphatic rings. The molecule has 0 spiro atoms. The summed E-state index contributed by atoms with van der Waals surface area (Å²) < 4.78 is 0. The Kier molecular flexibility index (Phi) is 6.27. The van der Waals surface area contributed by atoms with Crippen molar-refractivity contribution in [2.45, 2.75) is 89.9 Å². The van der Waals surface area contributed by atoms with Crippen LogP contribution in [0, 0.1) is 0 Å². The first-order chi connectivity index (χ1) is 16.5. The molecule has 0 atom stereocenters. The summed E-state index contributed by atoms with van der Waals surface area (Å²) >= 11 is 0. The van der Waals surface area contributed by atoms with Crippen LogP contribution in [0.25, 0.3) is 0 Å². The summed E-state index contributed by atoms with van der Waals surface area (Å²) in [7, 11) is 0. The molecule has 36 heavy (non-hydrogen) atoms. The SMILES string of the molecule is CC1(C)N(O)C(c2ccc(C(=O)c3ccc(C4N(O)C(C)(C)C(C)(C)N4O)cc3)cc2)N(O)C1(C)C. The Balaban J connectivity index is 1.55. The predicted octanol–water partition coefficient (Wildman–Crippen LogP) is 4.82. The fourth-order valence-corrected chi connectivity index (χ4v) is 4.90. The van der Waals surface area contributed by atoms with Crippen LogP contribution in [0.1, 0.15) is 94.8 Å². The van der Waals surface area contributed by atoms with Gasteiger partial charge in [0.1, 0.15) is 12.3 Å². The number of carbonyl (C=O) groups excluding carboxylic acids is 1. The summed E-state index contributed by atoms with van der Waals surface area (Å²) in [4.78, 5) is 13.1. The maximum atomic E-state index is 13.1. The zero-order valence-electron chi connectivity index (χ0n) is 22.3. The number of carbonyl (C=O) groups is 1. The molecular formula is C27H38N4O5. The molecule has 0 unspecified atom stereocenters. The topological polar surface area (TPSA) is 111 Å². The van der Waals surface area contributed by atoms with E-state index in [1.54, 1.807) is 48.5 Å². The van der Waals surface area contributed by atoms with Gasteiger partial charge in [-0.05, 0) is 66.5 Å². The van der Waals surface area contributed by atoms with Crippen LogP contribution >= 0.6 is 0 Å². The third-order valence-corrected chi connectivity index (χ3v) is 9.15. The third kappa shape index (κ3) is 3.58. The van der Waals surface area contributed by atoms with E-state index in [9.17, 15) is 25.6 Å². The van der Waals surface area contributed by atoms with Gasteiger partial charge < -0.3 is 20.8 Å². The van der Waals surface area contributed by atoms with E-state index in [2.05, 4.69) is 0 Å². The van der Waals surface area contributed by atoms with Gasteiger partial charge in [0, 0.05) is 11.1 Å². The molecule has 0 amide bonds. The van der Waals surface area contributed by atoms with Crippen molar-refractivity contribution in [3.8, 4) is 0 Å². The summed E-state index contributed by atoms with van der Waals surface area (Å²) in [6.45, 7) is 14.9. The third-order valence-electron chi connectivity index (χ3n) is 9.15. The van der Waals surface area contributed by atoms with Crippen LogP contribution in [0.15, 0.2) is 48.5 Å². The normalized spacial score (nSPS) is 25.0. The minimum absolute atomic E-state index is 0.185. The van der Waals surface area contributed by atoms with E-state index in [1.807, 2.05) is 55.4 Å². The molecule has 9 heteroatoms. The van der Waals surface area contributed by atoms with Gasteiger partial charge in [-0.25, -0.2) is 0 Å². The van der Waals surface area contributed by atoms with Crippen molar-refractivity contribution in [1.82, 2.24) is 20.3 Å². The summed E-state index contributed by atoms with van der Waals surface area (Å²) in [5.74, 6) is -0.185. The number of hydrogen-bond acceptors (Lipinski definition) is 9. The molecule has 0 saturated carbocycles. The van der Waals surface area contributed by atoms with E-state index >= 15 is 0 Å². The molecule has 4 N–H and O–H groups in total. The highest BCUT2D eigenvalue weighted by molar-refractivity contribution is 6.09. The first-order valence-corrected chi connectivity index (χ1v) is 12.2. The second kappa shape index (κ2) is 8.41. The zero-order chi connectivity index (χ0) is 27.0. The van der Waals surface area contributed by atoms with Gasteiger partial charge in [-0.15, -0.1) is 0 Å². The molecule has 0 bridgehead atoms. The Morgan fingerprint density at radius 3 is 0.972 bits per heavy atom. The lowest BCUT2D eigenvalue weighted by Crippen LogP contribution is -2.52. The van der Waals surface area contributed by atoms with Gasteiger partial charge in [0.25, 0.3) is 0 Å². The quantitative estimate of drug-likeness (QED) is 0.441. The van der Waals surface area contributed by atoms with E-state index in [4.69, 9.17) is 0 Å². The summed E-state index contributed by atoms with van der Waals surface area (Å²) in [6, 6.07) is 13.6. The largest absolute Gasteiger partial charge is 0.311 e. The smallest absolute Gasteiger partial charge is 0.193 e. The minimum atomic E-state index is -0.763. The number of ketones is 1. The van der Waals surface area contributed by atoms with Crippen LogP contribution < -0.4 is 0 Å². The van der Waals surface area contributed by atoms with Crippen molar-refractivity contribution in [3.63, 3.8) is 0 Å². The van der Waals surface area contributed by atoms with Crippen molar-refractivity contribution in [2.75, 3.05) is 0 Å². The molecule has 2 aromatic carbocycles. The van der Waals surface area contributed by atoms with Gasteiger partial charge in [0.2, 0.25) is 0 Å². The van der Waals surface area contributed by atoms with Crippen LogP contribution in [-0.4, -0.2) is 69.0 Å². The van der Waals surface area contributed by atoms with Gasteiger partial charge in [0.15, 0.2) is 5.78 Å². The molecule has 2 aliphatic heterocycles. The number of rotatable bonds is 4. The molecule has 0 aromatic heterocycles. The molecule has 2 heterocycles. The maximum Gasteiger partial charge on any atom is 0.193 e. The minimum Gasteiger partial charge on any atom is -0.311 e. The molecule has 2 saturated heterocycles. The molecule has 0 aliphatic carbocycles. The standard InChI is InChI=1S/C27H38N4O5/c1-24(2)25(3,4)29(34)22(28(24)33)19-13-9-17(10-14-19)21(32)18-11-15-20(16-12-18)23-30(35)26(5,6)27(7,8)31(23)36/h9-16,22-23,33-36H,1-8H3. The van der Waals surface area contributed by atoms with Gasteiger partial charge in [-0.2, -0.15) is 20.3 Å². The number of nitrogens with zero attached hydrogens (tertiary/aromatic N) is 4. The Bertz CT molecular complexity index is 1010. The van der Waals surface area contributed by atoms with E-state index in [0.29, 0.717) is 22.3 Å². The Labute approximate surface area is 212 Å².